The van der Waals surface area contributed by atoms with Crippen LogP contribution in [0.2, 0.25) is 0 Å². The Balaban J connectivity index is 1.56. The van der Waals surface area contributed by atoms with Crippen molar-refractivity contribution in [2.45, 2.75) is 166 Å². The van der Waals surface area contributed by atoms with Gasteiger partial charge in [-0.3, -0.25) is 0 Å². The Bertz CT molecular complexity index is 712. The molecule has 3 heterocycles. The van der Waals surface area contributed by atoms with Gasteiger partial charge in [-0.15, -0.1) is 0 Å². The second kappa shape index (κ2) is 10.9. The van der Waals surface area contributed by atoms with Crippen molar-refractivity contribution in [1.29, 1.82) is 0 Å². The van der Waals surface area contributed by atoms with Crippen LogP contribution < -0.4 is 0 Å². The van der Waals surface area contributed by atoms with Gasteiger partial charge in [0.25, 0.3) is 0 Å². The van der Waals surface area contributed by atoms with Crippen molar-refractivity contribution in [3.8, 4) is 0 Å². The van der Waals surface area contributed by atoms with Crippen molar-refractivity contribution in [2.24, 2.45) is 0 Å². The molecule has 0 amide bonds. The Morgan fingerprint density at radius 3 is 1.46 bits per heavy atom. The van der Waals surface area contributed by atoms with Crippen LogP contribution in [0.3, 0.4) is 0 Å². The molecule has 5 nitrogen and oxygen atoms in total. The van der Waals surface area contributed by atoms with E-state index in [1.807, 2.05) is 13.8 Å². The summed E-state index contributed by atoms with van der Waals surface area (Å²) in [5.41, 5.74) is 0.109. The van der Waals surface area contributed by atoms with Crippen molar-refractivity contribution >= 4 is 0 Å². The number of rotatable bonds is 10. The molecule has 35 heavy (non-hydrogen) atoms. The molecule has 0 radical (unpaired) electrons. The van der Waals surface area contributed by atoms with Gasteiger partial charge in [0.15, 0.2) is 0 Å². The zero-order valence-corrected chi connectivity index (χ0v) is 23.7. The Labute approximate surface area is 214 Å². The van der Waals surface area contributed by atoms with Crippen molar-refractivity contribution in [2.75, 3.05) is 0 Å². The normalized spacial score (nSPS) is 38.7. The maximum absolute atomic E-state index is 11.1. The molecule has 0 aromatic carbocycles. The van der Waals surface area contributed by atoms with Crippen molar-refractivity contribution < 1.29 is 24.4 Å². The molecule has 2 N–H and O–H groups in total. The molecule has 0 spiro atoms. The van der Waals surface area contributed by atoms with E-state index >= 15 is 0 Å². The number of hydrogen-bond acceptors (Lipinski definition) is 5. The predicted octanol–water partition coefficient (Wildman–Crippen LogP) is 6.40. The highest BCUT2D eigenvalue weighted by atomic mass is 16.6. The van der Waals surface area contributed by atoms with Crippen LogP contribution >= 0.6 is 0 Å². The van der Waals surface area contributed by atoms with E-state index in [4.69, 9.17) is 14.2 Å². The highest BCUT2D eigenvalue weighted by molar-refractivity contribution is 5.05. The van der Waals surface area contributed by atoms with E-state index in [0.29, 0.717) is 12.8 Å². The van der Waals surface area contributed by atoms with Crippen molar-refractivity contribution in [3.05, 3.63) is 23.3 Å². The van der Waals surface area contributed by atoms with Crippen LogP contribution in [-0.2, 0) is 14.2 Å². The molecule has 202 valence electrons. The van der Waals surface area contributed by atoms with E-state index in [-0.39, 0.29) is 35.6 Å². The maximum Gasteiger partial charge on any atom is 0.0921 e. The van der Waals surface area contributed by atoms with Crippen LogP contribution in [0.5, 0.6) is 0 Å². The second-order valence-electron chi connectivity index (χ2n) is 13.0. The minimum absolute atomic E-state index is 0.00346. The smallest absolute Gasteiger partial charge is 0.0921 e. The number of allylic oxidation sites excluding steroid dienone is 4. The first-order valence-corrected chi connectivity index (χ1v) is 13.9. The molecule has 0 aromatic heterocycles. The number of hydrogen-bond donors (Lipinski definition) is 2. The molecule has 3 fully saturated rings. The van der Waals surface area contributed by atoms with Gasteiger partial charge in [0.05, 0.1) is 46.8 Å². The molecule has 3 aliphatic rings. The van der Waals surface area contributed by atoms with Gasteiger partial charge < -0.3 is 24.4 Å². The molecule has 0 unspecified atom stereocenters. The van der Waals surface area contributed by atoms with Crippen LogP contribution in [0, 0.1) is 0 Å². The fourth-order valence-corrected chi connectivity index (χ4v) is 6.23. The molecular weight excluding hydrogens is 440 g/mol. The van der Waals surface area contributed by atoms with Gasteiger partial charge in [-0.1, -0.05) is 23.3 Å². The molecule has 0 saturated carbocycles. The number of ether oxygens (including phenoxy) is 3. The third-order valence-corrected chi connectivity index (χ3v) is 8.80. The minimum Gasteiger partial charge on any atom is -0.387 e. The standard InChI is InChI=1S/C30H52O5/c1-21(2)11-9-17-27(5,31)23-15-19-29(7,34-23)25-13-14-26(33-25)30(8)20-16-24(35-30)28(6,32)18-10-12-22(3)4/h11-12,23-26,31-32H,9-10,13-20H2,1-8H3/t23-,24+,25-,26+,27-,28-,29+,30-/m0/s1. The Kier molecular flexibility index (Phi) is 9.02. The SMILES string of the molecule is CC(C)=CCC[C@](C)(O)[C@@H]1CC[C@](C)([C@@H]2CC[C@H]([C@]3(C)CC[C@H]([C@@](C)(O)CCC=C(C)C)O3)O2)O1. The average molecular weight is 493 g/mol. The molecule has 3 saturated heterocycles. The average Bonchev–Trinajstić information content (AvgIpc) is 3.46. The van der Waals surface area contributed by atoms with Gasteiger partial charge in [-0.05, 0) is 120 Å². The summed E-state index contributed by atoms with van der Waals surface area (Å²) in [5, 5.41) is 22.2. The van der Waals surface area contributed by atoms with Gasteiger partial charge in [0, 0.05) is 0 Å². The Hall–Kier alpha value is -0.720. The van der Waals surface area contributed by atoms with Gasteiger partial charge >= 0.3 is 0 Å². The lowest BCUT2D eigenvalue weighted by Gasteiger charge is -2.38. The van der Waals surface area contributed by atoms with E-state index in [1.54, 1.807) is 0 Å². The molecule has 0 aromatic rings. The summed E-state index contributed by atoms with van der Waals surface area (Å²) in [6.45, 7) is 16.5. The van der Waals surface area contributed by atoms with Crippen molar-refractivity contribution in [1.82, 2.24) is 0 Å². The summed E-state index contributed by atoms with van der Waals surface area (Å²) in [7, 11) is 0. The summed E-state index contributed by atoms with van der Waals surface area (Å²) >= 11 is 0. The molecular formula is C30H52O5. The molecule has 5 heteroatoms. The molecule has 3 rings (SSSR count). The molecule has 0 aliphatic carbocycles. The molecule has 0 bridgehead atoms. The summed E-state index contributed by atoms with van der Waals surface area (Å²) in [6.07, 6.45) is 12.5. The fraction of sp³-hybridized carbons (Fsp3) is 0.867. The molecule has 8 atom stereocenters. The van der Waals surface area contributed by atoms with Gasteiger partial charge in [-0.25, -0.2) is 0 Å². The number of aliphatic hydroxyl groups is 2. The highest BCUT2D eigenvalue weighted by Gasteiger charge is 2.55. The van der Waals surface area contributed by atoms with E-state index in [1.165, 1.54) is 11.1 Å². The first-order chi connectivity index (χ1) is 16.2. The third kappa shape index (κ3) is 6.98. The van der Waals surface area contributed by atoms with Crippen molar-refractivity contribution in [3.63, 3.8) is 0 Å². The minimum atomic E-state index is -0.841. The lowest BCUT2D eigenvalue weighted by molar-refractivity contribution is -0.199. The van der Waals surface area contributed by atoms with Crippen LogP contribution in [0.15, 0.2) is 23.3 Å². The van der Waals surface area contributed by atoms with E-state index < -0.39 is 11.2 Å². The highest BCUT2D eigenvalue weighted by Crippen LogP contribution is 2.48. The lowest BCUT2D eigenvalue weighted by Crippen LogP contribution is -2.47. The lowest BCUT2D eigenvalue weighted by atomic mass is 9.88. The monoisotopic (exact) mass is 492 g/mol. The third-order valence-electron chi connectivity index (χ3n) is 8.80. The largest absolute Gasteiger partial charge is 0.387 e. The van der Waals surface area contributed by atoms with Gasteiger partial charge in [0.1, 0.15) is 0 Å². The fourth-order valence-electron chi connectivity index (χ4n) is 6.23. The molecule has 3 aliphatic heterocycles. The Morgan fingerprint density at radius 2 is 1.11 bits per heavy atom. The van der Waals surface area contributed by atoms with Crippen LogP contribution in [0.25, 0.3) is 0 Å². The zero-order chi connectivity index (χ0) is 26.1. The summed E-state index contributed by atoms with van der Waals surface area (Å²) in [4.78, 5) is 0. The first kappa shape index (κ1) is 28.8. The summed E-state index contributed by atoms with van der Waals surface area (Å²) in [6, 6.07) is 0. The van der Waals surface area contributed by atoms with E-state index in [0.717, 1.165) is 51.4 Å². The predicted molar refractivity (Wildman–Crippen MR) is 141 cm³/mol. The van der Waals surface area contributed by atoms with E-state index in [2.05, 4.69) is 53.7 Å². The van der Waals surface area contributed by atoms with Crippen LogP contribution in [0.1, 0.15) is 120 Å². The summed E-state index contributed by atoms with van der Waals surface area (Å²) < 4.78 is 19.8. The van der Waals surface area contributed by atoms with Crippen LogP contribution in [-0.4, -0.2) is 57.0 Å². The topological polar surface area (TPSA) is 68.2 Å². The quantitative estimate of drug-likeness (QED) is 0.345. The second-order valence-corrected chi connectivity index (χ2v) is 13.0. The maximum atomic E-state index is 11.1. The first-order valence-electron chi connectivity index (χ1n) is 13.9. The Morgan fingerprint density at radius 1 is 0.743 bits per heavy atom. The van der Waals surface area contributed by atoms with Crippen LogP contribution in [0.4, 0.5) is 0 Å². The van der Waals surface area contributed by atoms with Gasteiger partial charge in [0.2, 0.25) is 0 Å². The van der Waals surface area contributed by atoms with Gasteiger partial charge in [-0.2, -0.15) is 0 Å². The van der Waals surface area contributed by atoms with E-state index in [9.17, 15) is 10.2 Å². The summed E-state index contributed by atoms with van der Waals surface area (Å²) in [5.74, 6) is 0. The zero-order valence-electron chi connectivity index (χ0n) is 23.7.